The van der Waals surface area contributed by atoms with Gasteiger partial charge in [-0.05, 0) is 64.2 Å². The number of aliphatic hydroxyl groups excluding tert-OH is 1. The zero-order chi connectivity index (χ0) is 27.2. The number of ketones is 1. The minimum Gasteiger partial charge on any atom is -0.507 e. The third-order valence-corrected chi connectivity index (χ3v) is 7.09. The SMILES string of the molecule is CCCCOc1cccc(/C(O)=C2\C(=O)C(=O)N(CCc3ccccc3)C2c2cc(Br)c(O)c(OC)c2)c1. The number of aliphatic hydroxyl groups is 1. The number of amides is 1. The molecule has 0 spiro atoms. The highest BCUT2D eigenvalue weighted by molar-refractivity contribution is 9.10. The molecule has 0 bridgehead atoms. The molecule has 4 rings (SSSR count). The molecule has 3 aromatic rings. The molecular weight excluding hydrogens is 550 g/mol. The predicted octanol–water partition coefficient (Wildman–Crippen LogP) is 6.01. The monoisotopic (exact) mass is 579 g/mol. The Hall–Kier alpha value is -3.78. The Labute approximate surface area is 230 Å². The zero-order valence-corrected chi connectivity index (χ0v) is 22.9. The van der Waals surface area contributed by atoms with Gasteiger partial charge in [0.15, 0.2) is 11.5 Å². The van der Waals surface area contributed by atoms with Crippen molar-refractivity contribution in [3.8, 4) is 17.2 Å². The number of halogens is 1. The van der Waals surface area contributed by atoms with E-state index in [0.29, 0.717) is 34.4 Å². The Kier molecular flexibility index (Phi) is 8.73. The number of aromatic hydroxyl groups is 1. The standard InChI is InChI=1S/C30H30BrNO6/c1-3-4-15-38-22-12-8-11-20(16-22)27(33)25-26(21-17-23(31)28(34)24(18-21)37-2)32(30(36)29(25)35)14-13-19-9-6-5-7-10-19/h5-12,16-18,26,33-34H,3-4,13-15H2,1-2H3/b27-25+. The van der Waals surface area contributed by atoms with E-state index < -0.39 is 17.7 Å². The van der Waals surface area contributed by atoms with Crippen molar-refractivity contribution in [2.75, 3.05) is 20.3 Å². The first-order valence-electron chi connectivity index (χ1n) is 12.5. The molecule has 1 amide bonds. The molecule has 8 heteroatoms. The van der Waals surface area contributed by atoms with Crippen LogP contribution in [0.5, 0.6) is 17.2 Å². The van der Waals surface area contributed by atoms with E-state index in [-0.39, 0.29) is 29.4 Å². The first kappa shape index (κ1) is 27.3. The molecular formula is C30H30BrNO6. The average Bonchev–Trinajstić information content (AvgIpc) is 3.18. The molecule has 1 atom stereocenters. The average molecular weight is 580 g/mol. The number of hydrogen-bond donors (Lipinski definition) is 2. The van der Waals surface area contributed by atoms with E-state index in [2.05, 4.69) is 22.9 Å². The van der Waals surface area contributed by atoms with Gasteiger partial charge in [0.25, 0.3) is 11.7 Å². The molecule has 1 aliphatic heterocycles. The van der Waals surface area contributed by atoms with Crippen LogP contribution in [0.3, 0.4) is 0 Å². The molecule has 0 radical (unpaired) electrons. The van der Waals surface area contributed by atoms with Gasteiger partial charge in [-0.3, -0.25) is 9.59 Å². The fourth-order valence-corrected chi connectivity index (χ4v) is 4.94. The number of Topliss-reactive ketones (excluding diaryl/α,β-unsaturated/α-hetero) is 1. The maximum absolute atomic E-state index is 13.4. The van der Waals surface area contributed by atoms with Gasteiger partial charge >= 0.3 is 0 Å². The first-order chi connectivity index (χ1) is 18.3. The molecule has 0 aromatic heterocycles. The van der Waals surface area contributed by atoms with E-state index in [9.17, 15) is 19.8 Å². The Morgan fingerprint density at radius 1 is 1.05 bits per heavy atom. The summed E-state index contributed by atoms with van der Waals surface area (Å²) in [6, 6.07) is 18.8. The quantitative estimate of drug-likeness (QED) is 0.132. The number of ether oxygens (including phenoxy) is 2. The highest BCUT2D eigenvalue weighted by atomic mass is 79.9. The Balaban J connectivity index is 1.80. The van der Waals surface area contributed by atoms with Gasteiger partial charge in [-0.15, -0.1) is 0 Å². The highest BCUT2D eigenvalue weighted by Gasteiger charge is 2.46. The van der Waals surface area contributed by atoms with Crippen molar-refractivity contribution in [2.24, 2.45) is 0 Å². The minimum absolute atomic E-state index is 0.0339. The van der Waals surface area contributed by atoms with E-state index >= 15 is 0 Å². The molecule has 1 aliphatic rings. The third kappa shape index (κ3) is 5.70. The Bertz CT molecular complexity index is 1350. The molecule has 38 heavy (non-hydrogen) atoms. The molecule has 2 N–H and O–H groups in total. The fraction of sp³-hybridized carbons (Fsp3) is 0.267. The van der Waals surface area contributed by atoms with E-state index in [1.54, 1.807) is 36.4 Å². The second-order valence-electron chi connectivity index (χ2n) is 9.01. The molecule has 7 nitrogen and oxygen atoms in total. The minimum atomic E-state index is -0.894. The second-order valence-corrected chi connectivity index (χ2v) is 9.87. The van der Waals surface area contributed by atoms with Crippen LogP contribution in [0, 0.1) is 0 Å². The van der Waals surface area contributed by atoms with Gasteiger partial charge in [0.2, 0.25) is 0 Å². The van der Waals surface area contributed by atoms with Gasteiger partial charge in [0.05, 0.1) is 29.8 Å². The summed E-state index contributed by atoms with van der Waals surface area (Å²) in [4.78, 5) is 28.2. The van der Waals surface area contributed by atoms with Crippen molar-refractivity contribution < 1.29 is 29.3 Å². The van der Waals surface area contributed by atoms with Gasteiger partial charge in [-0.1, -0.05) is 55.8 Å². The van der Waals surface area contributed by atoms with Crippen molar-refractivity contribution in [2.45, 2.75) is 32.2 Å². The number of unbranched alkanes of at least 4 members (excludes halogenated alkanes) is 1. The van der Waals surface area contributed by atoms with E-state index in [1.807, 2.05) is 30.3 Å². The Morgan fingerprint density at radius 3 is 2.53 bits per heavy atom. The summed E-state index contributed by atoms with van der Waals surface area (Å²) in [5, 5.41) is 21.8. The van der Waals surface area contributed by atoms with Gasteiger partial charge in [-0.2, -0.15) is 0 Å². The lowest BCUT2D eigenvalue weighted by molar-refractivity contribution is -0.139. The molecule has 1 unspecified atom stereocenters. The molecule has 3 aromatic carbocycles. The molecule has 198 valence electrons. The summed E-state index contributed by atoms with van der Waals surface area (Å²) in [5.41, 5.74) is 1.86. The lowest BCUT2D eigenvalue weighted by Gasteiger charge is -2.26. The molecule has 1 fully saturated rings. The summed E-state index contributed by atoms with van der Waals surface area (Å²) in [5.74, 6) is -1.14. The molecule has 1 saturated heterocycles. The van der Waals surface area contributed by atoms with Crippen LogP contribution in [0.4, 0.5) is 0 Å². The summed E-state index contributed by atoms with van der Waals surface area (Å²) in [6.45, 7) is 2.85. The number of nitrogens with zero attached hydrogens (tertiary/aromatic N) is 1. The second kappa shape index (κ2) is 12.2. The van der Waals surface area contributed by atoms with Crippen LogP contribution in [0.15, 0.2) is 76.8 Å². The smallest absolute Gasteiger partial charge is 0.295 e. The summed E-state index contributed by atoms with van der Waals surface area (Å²) >= 11 is 3.34. The largest absolute Gasteiger partial charge is 0.507 e. The highest BCUT2D eigenvalue weighted by Crippen LogP contribution is 2.44. The van der Waals surface area contributed by atoms with Crippen molar-refractivity contribution in [1.29, 1.82) is 0 Å². The number of rotatable bonds is 10. The van der Waals surface area contributed by atoms with Crippen molar-refractivity contribution in [3.05, 3.63) is 93.5 Å². The maximum atomic E-state index is 13.4. The summed E-state index contributed by atoms with van der Waals surface area (Å²) in [7, 11) is 1.42. The van der Waals surface area contributed by atoms with E-state index in [1.165, 1.54) is 12.0 Å². The molecule has 1 heterocycles. The van der Waals surface area contributed by atoms with Gasteiger partial charge < -0.3 is 24.6 Å². The zero-order valence-electron chi connectivity index (χ0n) is 21.3. The third-order valence-electron chi connectivity index (χ3n) is 6.48. The topological polar surface area (TPSA) is 96.3 Å². The number of carbonyl (C=O) groups excluding carboxylic acids is 2. The Morgan fingerprint density at radius 2 is 1.82 bits per heavy atom. The lowest BCUT2D eigenvalue weighted by Crippen LogP contribution is -2.31. The number of carbonyl (C=O) groups is 2. The van der Waals surface area contributed by atoms with Gasteiger partial charge in [0.1, 0.15) is 11.5 Å². The number of benzene rings is 3. The van der Waals surface area contributed by atoms with Crippen LogP contribution in [-0.2, 0) is 16.0 Å². The number of hydrogen-bond acceptors (Lipinski definition) is 6. The number of phenols is 1. The van der Waals surface area contributed by atoms with Gasteiger partial charge in [-0.25, -0.2) is 0 Å². The number of phenolic OH excluding ortho intramolecular Hbond substituents is 1. The summed E-state index contributed by atoms with van der Waals surface area (Å²) in [6.07, 6.45) is 2.39. The predicted molar refractivity (Wildman–Crippen MR) is 148 cm³/mol. The molecule has 0 aliphatic carbocycles. The van der Waals surface area contributed by atoms with E-state index in [4.69, 9.17) is 9.47 Å². The van der Waals surface area contributed by atoms with E-state index in [0.717, 1.165) is 18.4 Å². The number of likely N-dealkylation sites (tertiary alicyclic amines) is 1. The van der Waals surface area contributed by atoms with Crippen molar-refractivity contribution in [1.82, 2.24) is 4.90 Å². The van der Waals surface area contributed by atoms with Crippen LogP contribution in [0.2, 0.25) is 0 Å². The van der Waals surface area contributed by atoms with Crippen LogP contribution in [0.25, 0.3) is 5.76 Å². The number of methoxy groups -OCH3 is 1. The first-order valence-corrected chi connectivity index (χ1v) is 13.3. The van der Waals surface area contributed by atoms with Crippen LogP contribution in [-0.4, -0.2) is 47.1 Å². The van der Waals surface area contributed by atoms with Crippen LogP contribution >= 0.6 is 15.9 Å². The summed E-state index contributed by atoms with van der Waals surface area (Å²) < 4.78 is 11.4. The van der Waals surface area contributed by atoms with Crippen molar-refractivity contribution in [3.63, 3.8) is 0 Å². The fourth-order valence-electron chi connectivity index (χ4n) is 4.48. The molecule has 0 saturated carbocycles. The maximum Gasteiger partial charge on any atom is 0.295 e. The van der Waals surface area contributed by atoms with Crippen molar-refractivity contribution >= 4 is 33.4 Å². The van der Waals surface area contributed by atoms with Gasteiger partial charge in [0, 0.05) is 12.1 Å². The van der Waals surface area contributed by atoms with Crippen LogP contribution < -0.4 is 9.47 Å². The normalized spacial score (nSPS) is 16.6. The lowest BCUT2D eigenvalue weighted by atomic mass is 9.94. The van der Waals surface area contributed by atoms with Crippen LogP contribution in [0.1, 0.15) is 42.5 Å².